The van der Waals surface area contributed by atoms with Gasteiger partial charge >= 0.3 is 0 Å². The van der Waals surface area contributed by atoms with Crippen LogP contribution in [0.2, 0.25) is 5.02 Å². The van der Waals surface area contributed by atoms with Crippen molar-refractivity contribution in [3.8, 4) is 5.75 Å². The molecule has 0 radical (unpaired) electrons. The highest BCUT2D eigenvalue weighted by atomic mass is 35.5. The Morgan fingerprint density at radius 2 is 1.68 bits per heavy atom. The highest BCUT2D eigenvalue weighted by Crippen LogP contribution is 2.28. The van der Waals surface area contributed by atoms with Gasteiger partial charge in [-0.2, -0.15) is 0 Å². The number of nitrogens with one attached hydrogen (secondary N) is 2. The number of methoxy groups -OCH3 is 1. The minimum Gasteiger partial charge on any atom is -0.495 e. The summed E-state index contributed by atoms with van der Waals surface area (Å²) in [5.74, 6) is 0.0505. The number of hydrogen-bond acceptors (Lipinski definition) is 3. The molecular weight excluding hydrogens is 340 g/mol. The second-order valence-corrected chi connectivity index (χ2v) is 6.10. The molecule has 0 aliphatic heterocycles. The van der Waals surface area contributed by atoms with E-state index in [1.807, 2.05) is 13.8 Å². The maximum Gasteiger partial charge on any atom is 0.255 e. The third kappa shape index (κ3) is 4.97. The Balaban J connectivity index is 2.11. The molecule has 1 unspecified atom stereocenters. The minimum atomic E-state index is -0.311. The third-order valence-corrected chi connectivity index (χ3v) is 4.04. The molecule has 132 valence electrons. The van der Waals surface area contributed by atoms with Crippen molar-refractivity contribution in [3.63, 3.8) is 0 Å². The first-order chi connectivity index (χ1) is 11.9. The third-order valence-electron chi connectivity index (χ3n) is 3.81. The number of ether oxygens (including phenoxy) is 1. The summed E-state index contributed by atoms with van der Waals surface area (Å²) in [6.07, 6.45) is 0.855. The van der Waals surface area contributed by atoms with E-state index in [1.165, 1.54) is 7.11 Å². The largest absolute Gasteiger partial charge is 0.495 e. The quantitative estimate of drug-likeness (QED) is 0.813. The molecule has 2 aromatic carbocycles. The first-order valence-corrected chi connectivity index (χ1v) is 8.38. The van der Waals surface area contributed by atoms with Crippen molar-refractivity contribution in [1.82, 2.24) is 5.32 Å². The zero-order chi connectivity index (χ0) is 18.4. The zero-order valence-corrected chi connectivity index (χ0v) is 15.2. The highest BCUT2D eigenvalue weighted by Gasteiger charge is 2.12. The van der Waals surface area contributed by atoms with E-state index in [2.05, 4.69) is 10.6 Å². The molecular formula is C19H21ClN2O3. The number of carbonyl (C=O) groups excluding carboxylic acids is 2. The monoisotopic (exact) mass is 360 g/mol. The van der Waals surface area contributed by atoms with Crippen LogP contribution >= 0.6 is 11.6 Å². The van der Waals surface area contributed by atoms with Gasteiger partial charge in [0.2, 0.25) is 0 Å². The maximum atomic E-state index is 12.4. The minimum absolute atomic E-state index is 0.103. The summed E-state index contributed by atoms with van der Waals surface area (Å²) in [5, 5.41) is 6.14. The van der Waals surface area contributed by atoms with Crippen molar-refractivity contribution >= 4 is 29.1 Å². The second-order valence-electron chi connectivity index (χ2n) is 5.66. The molecule has 0 spiro atoms. The number of anilines is 1. The SMILES string of the molecule is CCC(C)NC(=O)c1ccc(C(=O)Nc2cc(Cl)ccc2OC)cc1. The van der Waals surface area contributed by atoms with E-state index >= 15 is 0 Å². The first kappa shape index (κ1) is 18.8. The molecule has 5 nitrogen and oxygen atoms in total. The molecule has 0 bridgehead atoms. The Morgan fingerprint density at radius 1 is 1.08 bits per heavy atom. The predicted octanol–water partition coefficient (Wildman–Crippen LogP) is 4.13. The molecule has 1 atom stereocenters. The number of hydrogen-bond donors (Lipinski definition) is 2. The van der Waals surface area contributed by atoms with Crippen LogP contribution in [0, 0.1) is 0 Å². The zero-order valence-electron chi connectivity index (χ0n) is 14.4. The molecule has 6 heteroatoms. The molecule has 25 heavy (non-hydrogen) atoms. The number of carbonyl (C=O) groups is 2. The smallest absolute Gasteiger partial charge is 0.255 e. The van der Waals surface area contributed by atoms with E-state index in [0.717, 1.165) is 6.42 Å². The van der Waals surface area contributed by atoms with Crippen LogP contribution in [0.5, 0.6) is 5.75 Å². The van der Waals surface area contributed by atoms with Gasteiger partial charge in [0, 0.05) is 22.2 Å². The van der Waals surface area contributed by atoms with Gasteiger partial charge in [0.25, 0.3) is 11.8 Å². The standard InChI is InChI=1S/C19H21ClN2O3/c1-4-12(2)21-18(23)13-5-7-14(8-6-13)19(24)22-16-11-15(20)9-10-17(16)25-3/h5-12H,4H2,1-3H3,(H,21,23)(H,22,24). The lowest BCUT2D eigenvalue weighted by Gasteiger charge is -2.12. The lowest BCUT2D eigenvalue weighted by molar-refractivity contribution is 0.0937. The van der Waals surface area contributed by atoms with E-state index in [-0.39, 0.29) is 17.9 Å². The Labute approximate surface area is 152 Å². The molecule has 2 N–H and O–H groups in total. The van der Waals surface area contributed by atoms with Crippen LogP contribution in [0.15, 0.2) is 42.5 Å². The summed E-state index contributed by atoms with van der Waals surface area (Å²) >= 11 is 5.96. The fourth-order valence-electron chi connectivity index (χ4n) is 2.15. The molecule has 0 saturated carbocycles. The first-order valence-electron chi connectivity index (χ1n) is 8.00. The van der Waals surface area contributed by atoms with Gasteiger partial charge in [0.15, 0.2) is 0 Å². The van der Waals surface area contributed by atoms with Gasteiger partial charge in [-0.3, -0.25) is 9.59 Å². The van der Waals surface area contributed by atoms with Gasteiger partial charge < -0.3 is 15.4 Å². The highest BCUT2D eigenvalue weighted by molar-refractivity contribution is 6.31. The predicted molar refractivity (Wildman–Crippen MR) is 99.6 cm³/mol. The van der Waals surface area contributed by atoms with E-state index in [1.54, 1.807) is 42.5 Å². The summed E-state index contributed by atoms with van der Waals surface area (Å²) in [7, 11) is 1.52. The molecule has 0 aliphatic carbocycles. The molecule has 0 aromatic heterocycles. The number of rotatable bonds is 6. The van der Waals surface area contributed by atoms with Crippen molar-refractivity contribution in [1.29, 1.82) is 0 Å². The summed E-state index contributed by atoms with van der Waals surface area (Å²) in [5.41, 5.74) is 1.43. The molecule has 0 aliphatic rings. The fraction of sp³-hybridized carbons (Fsp3) is 0.263. The van der Waals surface area contributed by atoms with E-state index in [9.17, 15) is 9.59 Å². The average molecular weight is 361 g/mol. The van der Waals surface area contributed by atoms with Gasteiger partial charge in [-0.05, 0) is 55.8 Å². The normalized spacial score (nSPS) is 11.5. The summed E-state index contributed by atoms with van der Waals surface area (Å²) in [6.45, 7) is 3.95. The summed E-state index contributed by atoms with van der Waals surface area (Å²) < 4.78 is 5.21. The summed E-state index contributed by atoms with van der Waals surface area (Å²) in [4.78, 5) is 24.5. The van der Waals surface area contributed by atoms with Crippen LogP contribution < -0.4 is 15.4 Å². The lowest BCUT2D eigenvalue weighted by Crippen LogP contribution is -2.31. The van der Waals surface area contributed by atoms with Crippen molar-refractivity contribution < 1.29 is 14.3 Å². The van der Waals surface area contributed by atoms with E-state index in [0.29, 0.717) is 27.6 Å². The van der Waals surface area contributed by atoms with Gasteiger partial charge in [-0.25, -0.2) is 0 Å². The number of benzene rings is 2. The van der Waals surface area contributed by atoms with Crippen LogP contribution in [0.1, 0.15) is 41.0 Å². The topological polar surface area (TPSA) is 67.4 Å². The van der Waals surface area contributed by atoms with Crippen molar-refractivity contribution in [2.75, 3.05) is 12.4 Å². The van der Waals surface area contributed by atoms with E-state index < -0.39 is 0 Å². The Bertz CT molecular complexity index is 760. The Morgan fingerprint density at radius 3 is 2.24 bits per heavy atom. The van der Waals surface area contributed by atoms with Gasteiger partial charge in [0.1, 0.15) is 5.75 Å². The number of amides is 2. The molecule has 0 heterocycles. The van der Waals surface area contributed by atoms with Gasteiger partial charge in [0.05, 0.1) is 12.8 Å². The molecule has 2 rings (SSSR count). The van der Waals surface area contributed by atoms with Gasteiger partial charge in [-0.15, -0.1) is 0 Å². The summed E-state index contributed by atoms with van der Waals surface area (Å²) in [6, 6.07) is 11.6. The average Bonchev–Trinajstić information content (AvgIpc) is 2.61. The molecule has 2 aromatic rings. The van der Waals surface area contributed by atoms with Gasteiger partial charge in [-0.1, -0.05) is 18.5 Å². The van der Waals surface area contributed by atoms with Crippen molar-refractivity contribution in [2.24, 2.45) is 0 Å². The lowest BCUT2D eigenvalue weighted by atomic mass is 10.1. The Hall–Kier alpha value is -2.53. The molecule has 0 saturated heterocycles. The second kappa shape index (κ2) is 8.53. The Kier molecular flexibility index (Phi) is 6.42. The molecule has 2 amide bonds. The number of halogens is 1. The van der Waals surface area contributed by atoms with Crippen LogP contribution in [-0.2, 0) is 0 Å². The van der Waals surface area contributed by atoms with E-state index in [4.69, 9.17) is 16.3 Å². The van der Waals surface area contributed by atoms with Crippen molar-refractivity contribution in [3.05, 3.63) is 58.6 Å². The van der Waals surface area contributed by atoms with Crippen LogP contribution in [0.3, 0.4) is 0 Å². The van der Waals surface area contributed by atoms with Crippen LogP contribution in [-0.4, -0.2) is 25.0 Å². The van der Waals surface area contributed by atoms with Crippen LogP contribution in [0.4, 0.5) is 5.69 Å². The maximum absolute atomic E-state index is 12.4. The fourth-order valence-corrected chi connectivity index (χ4v) is 2.33. The van der Waals surface area contributed by atoms with Crippen LogP contribution in [0.25, 0.3) is 0 Å². The molecule has 0 fully saturated rings. The van der Waals surface area contributed by atoms with Crippen molar-refractivity contribution in [2.45, 2.75) is 26.3 Å².